The number of benzene rings is 1. The Morgan fingerprint density at radius 1 is 1.47 bits per heavy atom. The number of anilines is 1. The van der Waals surface area contributed by atoms with Gasteiger partial charge in [-0.2, -0.15) is 0 Å². The molecule has 0 radical (unpaired) electrons. The van der Waals surface area contributed by atoms with Gasteiger partial charge in [-0.15, -0.1) is 0 Å². The van der Waals surface area contributed by atoms with E-state index < -0.39 is 21.5 Å². The van der Waals surface area contributed by atoms with E-state index in [9.17, 15) is 13.5 Å². The van der Waals surface area contributed by atoms with Crippen molar-refractivity contribution >= 4 is 31.6 Å². The summed E-state index contributed by atoms with van der Waals surface area (Å²) < 4.78 is 27.9. The summed E-state index contributed by atoms with van der Waals surface area (Å²) in [5.74, 6) is 0. The molecule has 1 aliphatic carbocycles. The molecule has 0 amide bonds. The van der Waals surface area contributed by atoms with Gasteiger partial charge in [0.1, 0.15) is 4.90 Å². The number of rotatable bonds is 3. The zero-order valence-electron chi connectivity index (χ0n) is 10.7. The minimum absolute atomic E-state index is 0.0547. The number of hydrogen-bond acceptors (Lipinski definition) is 4. The first-order valence-electron chi connectivity index (χ1n) is 5.90. The van der Waals surface area contributed by atoms with Crippen LogP contribution >= 0.6 is 15.9 Å². The van der Waals surface area contributed by atoms with Gasteiger partial charge in [-0.1, -0.05) is 29.8 Å². The Bertz CT molecular complexity index is 601. The van der Waals surface area contributed by atoms with E-state index in [4.69, 9.17) is 5.73 Å². The van der Waals surface area contributed by atoms with Crippen LogP contribution in [0.25, 0.3) is 0 Å². The number of halogens is 1. The van der Waals surface area contributed by atoms with E-state index in [1.165, 1.54) is 6.07 Å². The summed E-state index contributed by atoms with van der Waals surface area (Å²) in [6.45, 7) is 3.66. The molecule has 2 rings (SSSR count). The number of hydrogen-bond donors (Lipinski definition) is 3. The minimum atomic E-state index is -3.68. The second kappa shape index (κ2) is 4.73. The SMILES string of the molecule is CC1(C)C(O)CC1NS(=O)(=O)c1cc(Br)ccc1N. The molecule has 0 aliphatic heterocycles. The summed E-state index contributed by atoms with van der Waals surface area (Å²) in [5, 5.41) is 9.65. The quantitative estimate of drug-likeness (QED) is 0.721. The highest BCUT2D eigenvalue weighted by Gasteiger charge is 2.49. The molecule has 0 bridgehead atoms. The van der Waals surface area contributed by atoms with Crippen molar-refractivity contribution in [3.63, 3.8) is 0 Å². The van der Waals surface area contributed by atoms with Crippen molar-refractivity contribution in [3.8, 4) is 0 Å². The number of nitrogens with two attached hydrogens (primary N) is 1. The maximum Gasteiger partial charge on any atom is 0.242 e. The molecule has 0 spiro atoms. The van der Waals surface area contributed by atoms with Gasteiger partial charge in [-0.3, -0.25) is 0 Å². The Labute approximate surface area is 121 Å². The number of aliphatic hydroxyl groups excluding tert-OH is 1. The lowest BCUT2D eigenvalue weighted by Gasteiger charge is -2.49. The van der Waals surface area contributed by atoms with Crippen LogP contribution in [-0.2, 0) is 10.0 Å². The first-order chi connectivity index (χ1) is 8.64. The highest BCUT2D eigenvalue weighted by atomic mass is 79.9. The van der Waals surface area contributed by atoms with Gasteiger partial charge >= 0.3 is 0 Å². The third-order valence-electron chi connectivity index (χ3n) is 3.78. The van der Waals surface area contributed by atoms with E-state index in [0.717, 1.165) is 0 Å². The Hall–Kier alpha value is -0.630. The van der Waals surface area contributed by atoms with Crippen LogP contribution in [0.1, 0.15) is 20.3 Å². The van der Waals surface area contributed by atoms with Gasteiger partial charge in [0.2, 0.25) is 10.0 Å². The lowest BCUT2D eigenvalue weighted by Crippen LogP contribution is -2.61. The molecule has 0 saturated heterocycles. The Balaban J connectivity index is 2.27. The molecule has 4 N–H and O–H groups in total. The third kappa shape index (κ3) is 2.65. The Kier molecular flexibility index (Phi) is 3.68. The summed E-state index contributed by atoms with van der Waals surface area (Å²) in [5.41, 5.74) is 5.45. The van der Waals surface area contributed by atoms with Gasteiger partial charge in [-0.25, -0.2) is 13.1 Å². The summed E-state index contributed by atoms with van der Waals surface area (Å²) >= 11 is 3.23. The molecule has 0 heterocycles. The highest BCUT2D eigenvalue weighted by molar-refractivity contribution is 9.10. The average molecular weight is 349 g/mol. The van der Waals surface area contributed by atoms with Crippen molar-refractivity contribution in [3.05, 3.63) is 22.7 Å². The molecule has 0 aromatic heterocycles. The maximum absolute atomic E-state index is 12.3. The monoisotopic (exact) mass is 348 g/mol. The van der Waals surface area contributed by atoms with Gasteiger partial charge in [0.05, 0.1) is 11.8 Å². The minimum Gasteiger partial charge on any atom is -0.398 e. The van der Waals surface area contributed by atoms with Crippen molar-refractivity contribution in [2.75, 3.05) is 5.73 Å². The summed E-state index contributed by atoms with van der Waals surface area (Å²) in [6, 6.07) is 4.41. The van der Waals surface area contributed by atoms with Crippen LogP contribution in [0.2, 0.25) is 0 Å². The van der Waals surface area contributed by atoms with Crippen LogP contribution in [0.3, 0.4) is 0 Å². The summed E-state index contributed by atoms with van der Waals surface area (Å²) in [6.07, 6.45) is -0.0693. The predicted molar refractivity (Wildman–Crippen MR) is 77.1 cm³/mol. The summed E-state index contributed by atoms with van der Waals surface area (Å²) in [7, 11) is -3.68. The fourth-order valence-electron chi connectivity index (χ4n) is 2.09. The third-order valence-corrected chi connectivity index (χ3v) is 5.80. The Morgan fingerprint density at radius 3 is 2.63 bits per heavy atom. The van der Waals surface area contributed by atoms with Gasteiger partial charge in [0, 0.05) is 15.9 Å². The van der Waals surface area contributed by atoms with E-state index in [-0.39, 0.29) is 16.6 Å². The zero-order chi connectivity index (χ0) is 14.4. The zero-order valence-corrected chi connectivity index (χ0v) is 13.1. The second-order valence-corrected chi connectivity index (χ2v) is 8.03. The fourth-order valence-corrected chi connectivity index (χ4v) is 4.17. The summed E-state index contributed by atoms with van der Waals surface area (Å²) in [4.78, 5) is 0.0547. The first-order valence-corrected chi connectivity index (χ1v) is 8.17. The lowest BCUT2D eigenvalue weighted by molar-refractivity contribution is -0.0645. The van der Waals surface area contributed by atoms with Crippen LogP contribution in [-0.4, -0.2) is 25.7 Å². The fraction of sp³-hybridized carbons (Fsp3) is 0.500. The van der Waals surface area contributed by atoms with Crippen LogP contribution in [0, 0.1) is 5.41 Å². The number of nitrogen functional groups attached to an aromatic ring is 1. The number of nitrogens with one attached hydrogen (secondary N) is 1. The molecule has 1 aromatic rings. The standard InChI is InChI=1S/C12H17BrN2O3S/c1-12(2)10(6-11(12)16)15-19(17,18)9-5-7(13)3-4-8(9)14/h3-5,10-11,15-16H,6,14H2,1-2H3. The van der Waals surface area contributed by atoms with Crippen LogP contribution < -0.4 is 10.5 Å². The lowest BCUT2D eigenvalue weighted by atomic mass is 9.65. The van der Waals surface area contributed by atoms with Crippen molar-refractivity contribution in [2.24, 2.45) is 5.41 Å². The van der Waals surface area contributed by atoms with Crippen molar-refractivity contribution in [2.45, 2.75) is 37.3 Å². The molecular formula is C12H17BrN2O3S. The van der Waals surface area contributed by atoms with Crippen molar-refractivity contribution in [1.29, 1.82) is 0 Å². The maximum atomic E-state index is 12.3. The van der Waals surface area contributed by atoms with E-state index in [2.05, 4.69) is 20.7 Å². The van der Waals surface area contributed by atoms with Crippen molar-refractivity contribution in [1.82, 2.24) is 4.72 Å². The molecule has 2 unspecified atom stereocenters. The van der Waals surface area contributed by atoms with E-state index in [1.807, 2.05) is 13.8 Å². The molecule has 7 heteroatoms. The van der Waals surface area contributed by atoms with Gasteiger partial charge in [0.15, 0.2) is 0 Å². The molecule has 1 fully saturated rings. The van der Waals surface area contributed by atoms with Crippen LogP contribution in [0.4, 0.5) is 5.69 Å². The molecule has 106 valence electrons. The van der Waals surface area contributed by atoms with Gasteiger partial charge in [0.25, 0.3) is 0 Å². The molecule has 1 aliphatic rings. The number of sulfonamides is 1. The van der Waals surface area contributed by atoms with E-state index in [1.54, 1.807) is 12.1 Å². The molecule has 2 atom stereocenters. The topological polar surface area (TPSA) is 92.4 Å². The predicted octanol–water partition coefficient (Wildman–Crippen LogP) is 1.47. The molecule has 19 heavy (non-hydrogen) atoms. The largest absolute Gasteiger partial charge is 0.398 e. The molecular weight excluding hydrogens is 332 g/mol. The molecule has 5 nitrogen and oxygen atoms in total. The number of aliphatic hydroxyl groups is 1. The van der Waals surface area contributed by atoms with E-state index >= 15 is 0 Å². The van der Waals surface area contributed by atoms with Crippen molar-refractivity contribution < 1.29 is 13.5 Å². The molecule has 1 saturated carbocycles. The molecule has 1 aromatic carbocycles. The average Bonchev–Trinajstić information content (AvgIpc) is 2.31. The van der Waals surface area contributed by atoms with Crippen LogP contribution in [0.5, 0.6) is 0 Å². The van der Waals surface area contributed by atoms with E-state index in [0.29, 0.717) is 10.9 Å². The van der Waals surface area contributed by atoms with Gasteiger partial charge < -0.3 is 10.8 Å². The first kappa shape index (κ1) is 14.8. The highest BCUT2D eigenvalue weighted by Crippen LogP contribution is 2.41. The smallest absolute Gasteiger partial charge is 0.242 e. The Morgan fingerprint density at radius 2 is 2.11 bits per heavy atom. The second-order valence-electron chi connectivity index (χ2n) is 5.43. The normalized spacial score (nSPS) is 25.9. The van der Waals surface area contributed by atoms with Crippen LogP contribution in [0.15, 0.2) is 27.6 Å². The van der Waals surface area contributed by atoms with Gasteiger partial charge in [-0.05, 0) is 24.6 Å².